The molecule has 184 valence electrons. The number of piperazine rings is 1. The summed E-state index contributed by atoms with van der Waals surface area (Å²) in [5, 5.41) is 2.99. The molecule has 34 heavy (non-hydrogen) atoms. The highest BCUT2D eigenvalue weighted by atomic mass is 32.2. The molecule has 2 aliphatic rings. The summed E-state index contributed by atoms with van der Waals surface area (Å²) in [6.45, 7) is 3.85. The summed E-state index contributed by atoms with van der Waals surface area (Å²) in [6, 6.07) is 12.5. The molecule has 2 aromatic carbocycles. The van der Waals surface area contributed by atoms with Crippen LogP contribution >= 0.6 is 0 Å². The van der Waals surface area contributed by atoms with Crippen molar-refractivity contribution in [2.24, 2.45) is 5.92 Å². The molecular formula is C24H30F2N4O3S. The molecule has 1 N–H and O–H groups in total. The summed E-state index contributed by atoms with van der Waals surface area (Å²) in [7, 11) is -4.17. The SMILES string of the molecule is O=C(NCC1CCCN(Cc2ccccc2)C1)N1CCN(S(=O)(=O)c2cc(F)ccc2F)CC1. The van der Waals surface area contributed by atoms with Crippen LogP contribution in [0.5, 0.6) is 0 Å². The Morgan fingerprint density at radius 1 is 1.00 bits per heavy atom. The van der Waals surface area contributed by atoms with Crippen LogP contribution in [0.2, 0.25) is 0 Å². The minimum atomic E-state index is -4.17. The van der Waals surface area contributed by atoms with Crippen molar-refractivity contribution in [2.75, 3.05) is 45.8 Å². The molecule has 0 spiro atoms. The highest BCUT2D eigenvalue weighted by Gasteiger charge is 2.32. The second-order valence-corrected chi connectivity index (χ2v) is 10.8. The summed E-state index contributed by atoms with van der Waals surface area (Å²) < 4.78 is 54.0. The topological polar surface area (TPSA) is 73.0 Å². The maximum absolute atomic E-state index is 14.0. The van der Waals surface area contributed by atoms with E-state index in [9.17, 15) is 22.0 Å². The first kappa shape index (κ1) is 24.6. The Bertz CT molecular complexity index is 1090. The van der Waals surface area contributed by atoms with Crippen molar-refractivity contribution in [2.45, 2.75) is 24.3 Å². The lowest BCUT2D eigenvalue weighted by Crippen LogP contribution is -2.54. The van der Waals surface area contributed by atoms with Crippen LogP contribution in [-0.4, -0.2) is 74.4 Å². The van der Waals surface area contributed by atoms with E-state index in [1.807, 2.05) is 18.2 Å². The number of nitrogens with one attached hydrogen (secondary N) is 1. The van der Waals surface area contributed by atoms with E-state index in [-0.39, 0.29) is 32.2 Å². The molecule has 0 bridgehead atoms. The number of benzene rings is 2. The lowest BCUT2D eigenvalue weighted by Gasteiger charge is -2.35. The third kappa shape index (κ3) is 5.92. The molecule has 2 heterocycles. The van der Waals surface area contributed by atoms with E-state index in [2.05, 4.69) is 22.3 Å². The predicted octanol–water partition coefficient (Wildman–Crippen LogP) is 2.89. The van der Waals surface area contributed by atoms with Crippen molar-refractivity contribution >= 4 is 16.1 Å². The maximum Gasteiger partial charge on any atom is 0.317 e. The van der Waals surface area contributed by atoms with Crippen molar-refractivity contribution < 1.29 is 22.0 Å². The molecular weight excluding hydrogens is 462 g/mol. The number of piperidine rings is 1. The summed E-state index contributed by atoms with van der Waals surface area (Å²) in [5.74, 6) is -1.45. The molecule has 0 aliphatic carbocycles. The van der Waals surface area contributed by atoms with Crippen LogP contribution in [-0.2, 0) is 16.6 Å². The standard InChI is InChI=1S/C24H30F2N4O3S/c25-21-8-9-22(26)23(15-21)34(32,33)30-13-11-29(12-14-30)24(31)27-16-20-7-4-10-28(18-20)17-19-5-2-1-3-6-19/h1-3,5-6,8-9,15,20H,4,7,10-14,16-18H2,(H,27,31). The van der Waals surface area contributed by atoms with Gasteiger partial charge >= 0.3 is 6.03 Å². The Labute approximate surface area is 199 Å². The van der Waals surface area contributed by atoms with Gasteiger partial charge in [0, 0.05) is 45.8 Å². The molecule has 0 radical (unpaired) electrons. The first-order valence-corrected chi connectivity index (χ1v) is 13.0. The number of amides is 2. The molecule has 4 rings (SSSR count). The van der Waals surface area contributed by atoms with Crippen molar-refractivity contribution in [3.63, 3.8) is 0 Å². The third-order valence-electron chi connectivity index (χ3n) is 6.43. The number of urea groups is 1. The Hall–Kier alpha value is -2.56. The number of likely N-dealkylation sites (tertiary alicyclic amines) is 1. The smallest absolute Gasteiger partial charge is 0.317 e. The van der Waals surface area contributed by atoms with Gasteiger partial charge in [0.05, 0.1) is 0 Å². The summed E-state index contributed by atoms with van der Waals surface area (Å²) in [6.07, 6.45) is 2.14. The molecule has 1 unspecified atom stereocenters. The monoisotopic (exact) mass is 492 g/mol. The molecule has 1 atom stereocenters. The van der Waals surface area contributed by atoms with Crippen molar-refractivity contribution in [3.05, 3.63) is 65.7 Å². The Morgan fingerprint density at radius 3 is 2.47 bits per heavy atom. The zero-order chi connectivity index (χ0) is 24.1. The van der Waals surface area contributed by atoms with E-state index in [0.717, 1.165) is 48.9 Å². The number of nitrogens with zero attached hydrogens (tertiary/aromatic N) is 3. The molecule has 7 nitrogen and oxygen atoms in total. The summed E-state index contributed by atoms with van der Waals surface area (Å²) in [4.78, 5) is 16.0. The molecule has 0 saturated carbocycles. The predicted molar refractivity (Wildman–Crippen MR) is 125 cm³/mol. The van der Waals surface area contributed by atoms with Crippen LogP contribution < -0.4 is 5.32 Å². The van der Waals surface area contributed by atoms with Crippen LogP contribution in [0, 0.1) is 17.6 Å². The summed E-state index contributed by atoms with van der Waals surface area (Å²) in [5.41, 5.74) is 1.28. The molecule has 2 fully saturated rings. The van der Waals surface area contributed by atoms with Crippen LogP contribution in [0.1, 0.15) is 18.4 Å². The third-order valence-corrected chi connectivity index (χ3v) is 8.34. The van der Waals surface area contributed by atoms with Crippen LogP contribution in [0.4, 0.5) is 13.6 Å². The normalized spacial score (nSPS) is 20.3. The van der Waals surface area contributed by atoms with Gasteiger partial charge in [0.2, 0.25) is 10.0 Å². The lowest BCUT2D eigenvalue weighted by molar-refractivity contribution is 0.152. The zero-order valence-electron chi connectivity index (χ0n) is 19.0. The van der Waals surface area contributed by atoms with E-state index in [4.69, 9.17) is 0 Å². The fourth-order valence-corrected chi connectivity index (χ4v) is 6.09. The summed E-state index contributed by atoms with van der Waals surface area (Å²) >= 11 is 0. The van der Waals surface area contributed by atoms with Gasteiger partial charge in [-0.25, -0.2) is 22.0 Å². The fourth-order valence-electron chi connectivity index (χ4n) is 4.59. The molecule has 2 amide bonds. The molecule has 2 saturated heterocycles. The van der Waals surface area contributed by atoms with Crippen molar-refractivity contribution in [1.29, 1.82) is 0 Å². The number of rotatable bonds is 6. The molecule has 0 aromatic heterocycles. The fraction of sp³-hybridized carbons (Fsp3) is 0.458. The largest absolute Gasteiger partial charge is 0.338 e. The minimum absolute atomic E-state index is 0.0278. The molecule has 2 aromatic rings. The first-order chi connectivity index (χ1) is 16.3. The van der Waals surface area contributed by atoms with Crippen LogP contribution in [0.3, 0.4) is 0 Å². The maximum atomic E-state index is 14.0. The van der Waals surface area contributed by atoms with E-state index < -0.39 is 26.6 Å². The number of hydrogen-bond acceptors (Lipinski definition) is 4. The second kappa shape index (κ2) is 10.8. The van der Waals surface area contributed by atoms with Crippen molar-refractivity contribution in [3.8, 4) is 0 Å². The second-order valence-electron chi connectivity index (χ2n) is 8.88. The lowest BCUT2D eigenvalue weighted by atomic mass is 9.97. The average Bonchev–Trinajstić information content (AvgIpc) is 2.85. The molecule has 2 aliphatic heterocycles. The highest BCUT2D eigenvalue weighted by molar-refractivity contribution is 7.89. The molecule has 10 heteroatoms. The van der Waals surface area contributed by atoms with Crippen molar-refractivity contribution in [1.82, 2.24) is 19.4 Å². The number of halogens is 2. The van der Waals surface area contributed by atoms with Gasteiger partial charge in [-0.3, -0.25) is 4.90 Å². The van der Waals surface area contributed by atoms with Gasteiger partial charge in [-0.05, 0) is 49.1 Å². The zero-order valence-corrected chi connectivity index (χ0v) is 19.8. The number of hydrogen-bond donors (Lipinski definition) is 1. The van der Waals surface area contributed by atoms with Gasteiger partial charge in [-0.2, -0.15) is 4.31 Å². The average molecular weight is 493 g/mol. The highest BCUT2D eigenvalue weighted by Crippen LogP contribution is 2.22. The number of carbonyl (C=O) groups is 1. The van der Waals surface area contributed by atoms with Gasteiger partial charge in [0.25, 0.3) is 0 Å². The van der Waals surface area contributed by atoms with E-state index >= 15 is 0 Å². The van der Waals surface area contributed by atoms with Gasteiger partial charge in [0.1, 0.15) is 16.5 Å². The number of carbonyl (C=O) groups excluding carboxylic acids is 1. The Kier molecular flexibility index (Phi) is 7.80. The first-order valence-electron chi connectivity index (χ1n) is 11.6. The number of sulfonamides is 1. The van der Waals surface area contributed by atoms with Gasteiger partial charge in [-0.1, -0.05) is 30.3 Å². The van der Waals surface area contributed by atoms with E-state index in [0.29, 0.717) is 18.5 Å². The quantitative estimate of drug-likeness (QED) is 0.673. The van der Waals surface area contributed by atoms with E-state index in [1.165, 1.54) is 5.56 Å². The van der Waals surface area contributed by atoms with Gasteiger partial charge in [-0.15, -0.1) is 0 Å². The van der Waals surface area contributed by atoms with Crippen LogP contribution in [0.15, 0.2) is 53.4 Å². The Morgan fingerprint density at radius 2 is 1.74 bits per heavy atom. The van der Waals surface area contributed by atoms with Gasteiger partial charge in [0.15, 0.2) is 0 Å². The van der Waals surface area contributed by atoms with Crippen LogP contribution in [0.25, 0.3) is 0 Å². The van der Waals surface area contributed by atoms with E-state index in [1.54, 1.807) is 4.90 Å². The minimum Gasteiger partial charge on any atom is -0.338 e. The Balaban J connectivity index is 1.25. The van der Waals surface area contributed by atoms with Gasteiger partial charge < -0.3 is 10.2 Å².